The summed E-state index contributed by atoms with van der Waals surface area (Å²) < 4.78 is 39.7. The number of aryl methyl sites for hydroxylation is 1. The first-order chi connectivity index (χ1) is 17.0. The predicted octanol–water partition coefficient (Wildman–Crippen LogP) is 6.12. The van der Waals surface area contributed by atoms with Crippen molar-refractivity contribution in [3.05, 3.63) is 40.8 Å². The number of halogens is 1. The maximum Gasteiger partial charge on any atom is 0.177 e. The minimum Gasteiger partial charge on any atom is -0.373 e. The lowest BCUT2D eigenvalue weighted by Gasteiger charge is -2.34. The first-order valence-electron chi connectivity index (χ1n) is 12.4. The molecule has 1 N–H and O–H groups in total. The van der Waals surface area contributed by atoms with Crippen LogP contribution in [-0.2, 0) is 19.3 Å². The maximum atomic E-state index is 12.8. The molecule has 2 aliphatic heterocycles. The van der Waals surface area contributed by atoms with Gasteiger partial charge < -0.3 is 14.8 Å². The van der Waals surface area contributed by atoms with Gasteiger partial charge in [0.1, 0.15) is 22.7 Å². The number of imidazole rings is 1. The molecule has 4 heterocycles. The molecule has 194 valence electrons. The van der Waals surface area contributed by atoms with Gasteiger partial charge in [-0.1, -0.05) is 31.5 Å². The number of pyridine rings is 1. The molecule has 2 atom stereocenters. The van der Waals surface area contributed by atoms with Gasteiger partial charge in [0.2, 0.25) is 0 Å². The third-order valence-corrected chi connectivity index (χ3v) is 8.37. The molecule has 36 heavy (non-hydrogen) atoms. The van der Waals surface area contributed by atoms with Crippen molar-refractivity contribution < 1.29 is 17.9 Å². The number of hydrogen-bond donors (Lipinski definition) is 1. The predicted molar refractivity (Wildman–Crippen MR) is 141 cm³/mol. The van der Waals surface area contributed by atoms with Crippen molar-refractivity contribution in [3.63, 3.8) is 0 Å². The number of nitrogens with zero attached hydrogens (tertiary/aromatic N) is 3. The van der Waals surface area contributed by atoms with Crippen molar-refractivity contribution in [3.8, 4) is 0 Å². The lowest BCUT2D eigenvalue weighted by atomic mass is 9.84. The van der Waals surface area contributed by atoms with E-state index in [1.54, 1.807) is 18.2 Å². The standard InChI is InChI=1S/C26H33ClN4O4S/c1-16-28-24-19(14-22(27)30-25(24)31(16)23-7-5-6-12-34-23)29-18-9-8-17(13-21(18)36(4,32)33)20-10-11-26(2,3)15-35-20/h8-9,13-14,20,23H,5-7,10-12,15H2,1-4H3,(H,29,30). The topological polar surface area (TPSA) is 95.3 Å². The average Bonchev–Trinajstić information content (AvgIpc) is 3.15. The number of nitrogens with one attached hydrogen (secondary N) is 1. The second-order valence-corrected chi connectivity index (χ2v) is 13.0. The van der Waals surface area contributed by atoms with Gasteiger partial charge in [-0.25, -0.2) is 18.4 Å². The Kier molecular flexibility index (Phi) is 6.78. The Balaban J connectivity index is 1.53. The molecule has 10 heteroatoms. The van der Waals surface area contributed by atoms with Crippen molar-refractivity contribution in [1.29, 1.82) is 0 Å². The molecule has 0 amide bonds. The molecule has 2 fully saturated rings. The average molecular weight is 533 g/mol. The number of hydrogen-bond acceptors (Lipinski definition) is 7. The molecular formula is C26H33ClN4O4S. The van der Waals surface area contributed by atoms with Gasteiger partial charge in [0, 0.05) is 18.9 Å². The van der Waals surface area contributed by atoms with Gasteiger partial charge in [-0.2, -0.15) is 0 Å². The van der Waals surface area contributed by atoms with E-state index < -0.39 is 9.84 Å². The molecule has 5 rings (SSSR count). The third-order valence-electron chi connectivity index (χ3n) is 7.04. The van der Waals surface area contributed by atoms with E-state index in [0.29, 0.717) is 35.8 Å². The fourth-order valence-electron chi connectivity index (χ4n) is 5.07. The van der Waals surface area contributed by atoms with E-state index in [0.717, 1.165) is 43.5 Å². The van der Waals surface area contributed by atoms with E-state index in [4.69, 9.17) is 26.1 Å². The second kappa shape index (κ2) is 9.59. The van der Waals surface area contributed by atoms with Crippen LogP contribution in [0, 0.1) is 12.3 Å². The monoisotopic (exact) mass is 532 g/mol. The molecule has 2 unspecified atom stereocenters. The number of benzene rings is 1. The van der Waals surface area contributed by atoms with E-state index >= 15 is 0 Å². The van der Waals surface area contributed by atoms with E-state index in [9.17, 15) is 8.42 Å². The molecule has 0 spiro atoms. The molecule has 1 aromatic carbocycles. The fraction of sp³-hybridized carbons (Fsp3) is 0.538. The molecule has 3 aromatic rings. The van der Waals surface area contributed by atoms with Crippen LogP contribution in [0.25, 0.3) is 11.2 Å². The Bertz CT molecular complexity index is 1390. The Labute approximate surface area is 217 Å². The minimum atomic E-state index is -3.53. The highest BCUT2D eigenvalue weighted by molar-refractivity contribution is 7.90. The summed E-state index contributed by atoms with van der Waals surface area (Å²) in [6.07, 6.45) is 5.81. The van der Waals surface area contributed by atoms with Crippen LogP contribution in [0.5, 0.6) is 0 Å². The molecule has 8 nitrogen and oxygen atoms in total. The highest BCUT2D eigenvalue weighted by Gasteiger charge is 2.30. The normalized spacial score (nSPS) is 22.6. The molecule has 0 saturated carbocycles. The zero-order chi connectivity index (χ0) is 25.7. The van der Waals surface area contributed by atoms with Gasteiger partial charge >= 0.3 is 0 Å². The molecule has 0 bridgehead atoms. The Morgan fingerprint density at radius 2 is 1.92 bits per heavy atom. The molecule has 2 aliphatic rings. The molecule has 0 aliphatic carbocycles. The number of rotatable bonds is 5. The highest BCUT2D eigenvalue weighted by Crippen LogP contribution is 2.39. The van der Waals surface area contributed by atoms with Crippen LogP contribution < -0.4 is 5.32 Å². The van der Waals surface area contributed by atoms with Crippen LogP contribution in [0.1, 0.15) is 69.7 Å². The van der Waals surface area contributed by atoms with Gasteiger partial charge in [0.25, 0.3) is 0 Å². The summed E-state index contributed by atoms with van der Waals surface area (Å²) in [6.45, 7) is 7.62. The molecule has 0 radical (unpaired) electrons. The third kappa shape index (κ3) is 5.11. The van der Waals surface area contributed by atoms with Crippen molar-refractivity contribution in [2.45, 2.75) is 70.1 Å². The van der Waals surface area contributed by atoms with Gasteiger partial charge in [-0.15, -0.1) is 0 Å². The number of aromatic nitrogens is 3. The van der Waals surface area contributed by atoms with E-state index in [1.807, 2.05) is 17.6 Å². The summed E-state index contributed by atoms with van der Waals surface area (Å²) in [7, 11) is -3.53. The molecular weight excluding hydrogens is 500 g/mol. The first-order valence-corrected chi connectivity index (χ1v) is 14.7. The fourth-order valence-corrected chi connectivity index (χ4v) is 6.13. The number of ether oxygens (including phenoxy) is 2. The number of fused-ring (bicyclic) bond motifs is 1. The van der Waals surface area contributed by atoms with Crippen LogP contribution in [0.15, 0.2) is 29.2 Å². The van der Waals surface area contributed by atoms with Gasteiger partial charge in [0.05, 0.1) is 29.0 Å². The lowest BCUT2D eigenvalue weighted by Crippen LogP contribution is -2.27. The summed E-state index contributed by atoms with van der Waals surface area (Å²) in [5.41, 5.74) is 3.29. The SMILES string of the molecule is Cc1nc2c(Nc3ccc(C4CCC(C)(C)CO4)cc3S(C)(=O)=O)cc(Cl)nc2n1C1CCCCO1. The van der Waals surface area contributed by atoms with E-state index in [-0.39, 0.29) is 27.8 Å². The van der Waals surface area contributed by atoms with Crippen LogP contribution in [-0.4, -0.2) is 42.4 Å². The van der Waals surface area contributed by atoms with Crippen LogP contribution in [0.3, 0.4) is 0 Å². The van der Waals surface area contributed by atoms with Crippen LogP contribution >= 0.6 is 11.6 Å². The summed E-state index contributed by atoms with van der Waals surface area (Å²) in [4.78, 5) is 9.50. The van der Waals surface area contributed by atoms with Crippen molar-refractivity contribution in [2.75, 3.05) is 24.8 Å². The van der Waals surface area contributed by atoms with Gasteiger partial charge in [0.15, 0.2) is 15.5 Å². The zero-order valence-electron chi connectivity index (χ0n) is 21.2. The van der Waals surface area contributed by atoms with Crippen LogP contribution in [0.2, 0.25) is 5.15 Å². The largest absolute Gasteiger partial charge is 0.373 e. The summed E-state index contributed by atoms with van der Waals surface area (Å²) in [5.74, 6) is 0.769. The Hall–Kier alpha value is -2.20. The zero-order valence-corrected chi connectivity index (χ0v) is 22.7. The van der Waals surface area contributed by atoms with Crippen molar-refractivity contribution >= 4 is 44.0 Å². The molecule has 2 saturated heterocycles. The van der Waals surface area contributed by atoms with Gasteiger partial charge in [-0.05, 0) is 62.1 Å². The second-order valence-electron chi connectivity index (χ2n) is 10.7. The quantitative estimate of drug-likeness (QED) is 0.395. The Morgan fingerprint density at radius 1 is 1.11 bits per heavy atom. The first kappa shape index (κ1) is 25.4. The van der Waals surface area contributed by atoms with E-state index in [2.05, 4.69) is 24.1 Å². The summed E-state index contributed by atoms with van der Waals surface area (Å²) in [6, 6.07) is 7.12. The maximum absolute atomic E-state index is 12.8. The highest BCUT2D eigenvalue weighted by atomic mass is 35.5. The van der Waals surface area contributed by atoms with Crippen molar-refractivity contribution in [2.24, 2.45) is 5.41 Å². The number of sulfone groups is 1. The lowest BCUT2D eigenvalue weighted by molar-refractivity contribution is -0.0499. The van der Waals surface area contributed by atoms with E-state index in [1.165, 1.54) is 6.26 Å². The minimum absolute atomic E-state index is 0.122. The summed E-state index contributed by atoms with van der Waals surface area (Å²) >= 11 is 6.42. The van der Waals surface area contributed by atoms with Crippen LogP contribution in [0.4, 0.5) is 11.4 Å². The number of anilines is 2. The van der Waals surface area contributed by atoms with Crippen molar-refractivity contribution in [1.82, 2.24) is 14.5 Å². The van der Waals surface area contributed by atoms with Gasteiger partial charge in [-0.3, -0.25) is 4.57 Å². The Morgan fingerprint density at radius 3 is 2.58 bits per heavy atom. The smallest absolute Gasteiger partial charge is 0.177 e. The summed E-state index contributed by atoms with van der Waals surface area (Å²) in [5, 5.41) is 3.58. The molecule has 2 aromatic heterocycles.